The number of unbranched alkanes of at least 4 members (excludes halogenated alkanes) is 16. The Labute approximate surface area is 150 Å². The van der Waals surface area contributed by atoms with E-state index in [-0.39, 0.29) is 9.68 Å². The first kappa shape index (κ1) is 23.2. The highest BCUT2D eigenvalue weighted by molar-refractivity contribution is 6.31. The van der Waals surface area contributed by atoms with Crippen LogP contribution in [0.4, 0.5) is 0 Å². The molecule has 140 valence electrons. The molecule has 0 amide bonds. The van der Waals surface area contributed by atoms with Crippen LogP contribution in [0.25, 0.3) is 0 Å². The second-order valence-corrected chi connectivity index (χ2v) is 10.2. The average molecular weight is 342 g/mol. The molecule has 0 heterocycles. The largest absolute Gasteiger partial charge is 0.334 e. The van der Waals surface area contributed by atoms with Crippen LogP contribution in [0.15, 0.2) is 0 Å². The van der Waals surface area contributed by atoms with Gasteiger partial charge in [0, 0.05) is 0 Å². The second kappa shape index (κ2) is 20.2. The molecule has 0 bridgehead atoms. The fourth-order valence-corrected chi connectivity index (χ4v) is 4.54. The molecule has 0 radical (unpaired) electrons. The molecule has 1 nitrogen and oxygen atoms in total. The quantitative estimate of drug-likeness (QED) is 0.186. The van der Waals surface area contributed by atoms with Crippen molar-refractivity contribution in [2.45, 2.75) is 122 Å². The van der Waals surface area contributed by atoms with Gasteiger partial charge in [0.15, 0.2) is 0 Å². The summed E-state index contributed by atoms with van der Waals surface area (Å²) in [5.41, 5.74) is 0. The lowest BCUT2D eigenvalue weighted by Crippen LogP contribution is -2.16. The van der Waals surface area contributed by atoms with Crippen LogP contribution in [0.2, 0.25) is 6.04 Å². The first-order valence-corrected chi connectivity index (χ1v) is 12.6. The predicted octanol–water partition coefficient (Wildman–Crippen LogP) is 6.70. The minimum absolute atomic E-state index is 0.114. The van der Waals surface area contributed by atoms with E-state index in [2.05, 4.69) is 25.6 Å². The fraction of sp³-hybridized carbons (Fsp3) is 1.00. The van der Waals surface area contributed by atoms with Gasteiger partial charge in [-0.2, -0.15) is 0 Å². The lowest BCUT2D eigenvalue weighted by Gasteiger charge is -2.07. The molecule has 23 heavy (non-hydrogen) atoms. The van der Waals surface area contributed by atoms with Gasteiger partial charge in [0.1, 0.15) is 0 Å². The van der Waals surface area contributed by atoms with E-state index in [1.54, 1.807) is 0 Å². The molecule has 0 aliphatic heterocycles. The molecule has 0 aromatic heterocycles. The normalized spacial score (nSPS) is 12.0. The molecule has 0 rings (SSSR count). The lowest BCUT2D eigenvalue weighted by atomic mass is 10.0. The zero-order chi connectivity index (χ0) is 17.0. The van der Waals surface area contributed by atoms with Crippen molar-refractivity contribution in [1.29, 1.82) is 0 Å². The van der Waals surface area contributed by atoms with Gasteiger partial charge in [-0.25, -0.2) is 0 Å². The predicted molar refractivity (Wildman–Crippen MR) is 111 cm³/mol. The summed E-state index contributed by atoms with van der Waals surface area (Å²) in [6.07, 6.45) is 25.1. The van der Waals surface area contributed by atoms with E-state index in [4.69, 9.17) is 0 Å². The maximum Gasteiger partial charge on any atom is 0.0943 e. The summed E-state index contributed by atoms with van der Waals surface area (Å²) >= 11 is 0. The lowest BCUT2D eigenvalue weighted by molar-refractivity contribution is 0.528. The van der Waals surface area contributed by atoms with Crippen molar-refractivity contribution in [1.82, 2.24) is 4.57 Å². The SMILES string of the molecule is CCCCCCCCCCCCCCCCCCC[SiH2]N(C)C. The van der Waals surface area contributed by atoms with Crippen LogP contribution in [0.1, 0.15) is 116 Å². The fourth-order valence-electron chi connectivity index (χ4n) is 3.33. The summed E-state index contributed by atoms with van der Waals surface area (Å²) in [6, 6.07) is 1.52. The van der Waals surface area contributed by atoms with Crippen molar-refractivity contribution in [3.63, 3.8) is 0 Å². The van der Waals surface area contributed by atoms with Crippen molar-refractivity contribution in [2.24, 2.45) is 0 Å². The summed E-state index contributed by atoms with van der Waals surface area (Å²) in [7, 11) is 4.59. The topological polar surface area (TPSA) is 3.24 Å². The first-order valence-electron chi connectivity index (χ1n) is 10.9. The van der Waals surface area contributed by atoms with Crippen molar-refractivity contribution >= 4 is 9.68 Å². The van der Waals surface area contributed by atoms with Crippen LogP contribution >= 0.6 is 0 Å². The third-order valence-corrected chi connectivity index (χ3v) is 6.67. The minimum Gasteiger partial charge on any atom is -0.334 e. The molecule has 0 spiro atoms. The van der Waals surface area contributed by atoms with Crippen LogP contribution in [-0.2, 0) is 0 Å². The highest BCUT2D eigenvalue weighted by Crippen LogP contribution is 2.14. The molecule has 0 N–H and O–H groups in total. The van der Waals surface area contributed by atoms with Gasteiger partial charge in [-0.15, -0.1) is 0 Å². The Morgan fingerprint density at radius 1 is 0.478 bits per heavy atom. The summed E-state index contributed by atoms with van der Waals surface area (Å²) in [6.45, 7) is 2.30. The Hall–Kier alpha value is 0.177. The molecule has 0 aromatic rings. The Morgan fingerprint density at radius 2 is 0.783 bits per heavy atom. The molecule has 0 fully saturated rings. The van der Waals surface area contributed by atoms with Crippen LogP contribution in [0, 0.1) is 0 Å². The number of nitrogens with zero attached hydrogens (tertiary/aromatic N) is 1. The van der Waals surface area contributed by atoms with E-state index in [9.17, 15) is 0 Å². The Balaban J connectivity index is 2.95. The summed E-state index contributed by atoms with van der Waals surface area (Å²) < 4.78 is 2.44. The monoisotopic (exact) mass is 341 g/mol. The molecule has 0 saturated heterocycles. The second-order valence-electron chi connectivity index (χ2n) is 7.81. The van der Waals surface area contributed by atoms with Gasteiger partial charge in [-0.1, -0.05) is 116 Å². The molecule has 0 aliphatic carbocycles. The van der Waals surface area contributed by atoms with Crippen molar-refractivity contribution in [3.8, 4) is 0 Å². The number of hydrogen-bond acceptors (Lipinski definition) is 1. The molecule has 0 aromatic carbocycles. The van der Waals surface area contributed by atoms with Crippen LogP contribution in [0.3, 0.4) is 0 Å². The van der Waals surface area contributed by atoms with Crippen LogP contribution in [-0.4, -0.2) is 28.3 Å². The summed E-state index contributed by atoms with van der Waals surface area (Å²) in [4.78, 5) is 0. The number of hydrogen-bond donors (Lipinski definition) is 0. The standard InChI is InChI=1S/C21H47NSi/c1-4-5-6-7-8-9-10-11-12-13-14-15-16-17-18-19-20-21-23-22(2)3/h4-21,23H2,1-3H3. The third kappa shape index (κ3) is 22.2. The van der Waals surface area contributed by atoms with E-state index in [0.29, 0.717) is 0 Å². The molecule has 0 aliphatic rings. The molecule has 0 atom stereocenters. The van der Waals surface area contributed by atoms with E-state index < -0.39 is 0 Å². The molecule has 0 unspecified atom stereocenters. The van der Waals surface area contributed by atoms with Gasteiger partial charge >= 0.3 is 0 Å². The van der Waals surface area contributed by atoms with Crippen molar-refractivity contribution < 1.29 is 0 Å². The number of rotatable bonds is 19. The van der Waals surface area contributed by atoms with Crippen LogP contribution in [0.5, 0.6) is 0 Å². The van der Waals surface area contributed by atoms with E-state index in [0.717, 1.165) is 0 Å². The van der Waals surface area contributed by atoms with Gasteiger partial charge in [-0.3, -0.25) is 0 Å². The maximum atomic E-state index is 2.44. The van der Waals surface area contributed by atoms with Gasteiger partial charge in [0.25, 0.3) is 0 Å². The zero-order valence-electron chi connectivity index (χ0n) is 16.9. The first-order chi connectivity index (χ1) is 11.3. The Morgan fingerprint density at radius 3 is 1.09 bits per heavy atom. The molecular formula is C21H47NSi. The average Bonchev–Trinajstić information content (AvgIpc) is 2.53. The van der Waals surface area contributed by atoms with E-state index in [1.807, 2.05) is 0 Å². The van der Waals surface area contributed by atoms with E-state index >= 15 is 0 Å². The van der Waals surface area contributed by atoms with Crippen molar-refractivity contribution in [2.75, 3.05) is 14.1 Å². The van der Waals surface area contributed by atoms with Gasteiger partial charge in [0.2, 0.25) is 0 Å². The highest BCUT2D eigenvalue weighted by atomic mass is 28.2. The molecular weight excluding hydrogens is 294 g/mol. The Bertz CT molecular complexity index is 206. The van der Waals surface area contributed by atoms with Crippen LogP contribution < -0.4 is 0 Å². The Kier molecular flexibility index (Phi) is 20.4. The summed E-state index contributed by atoms with van der Waals surface area (Å²) in [5.74, 6) is 0. The minimum atomic E-state index is 0.114. The van der Waals surface area contributed by atoms with Gasteiger partial charge in [-0.05, 0) is 20.1 Å². The van der Waals surface area contributed by atoms with Crippen molar-refractivity contribution in [3.05, 3.63) is 0 Å². The van der Waals surface area contributed by atoms with E-state index in [1.165, 1.54) is 115 Å². The zero-order valence-corrected chi connectivity index (χ0v) is 18.3. The third-order valence-electron chi connectivity index (χ3n) is 4.96. The molecule has 2 heteroatoms. The summed E-state index contributed by atoms with van der Waals surface area (Å²) in [5, 5.41) is 0. The van der Waals surface area contributed by atoms with Gasteiger partial charge < -0.3 is 4.57 Å². The maximum absolute atomic E-state index is 2.44. The van der Waals surface area contributed by atoms with Gasteiger partial charge in [0.05, 0.1) is 9.68 Å². The molecule has 0 saturated carbocycles. The highest BCUT2D eigenvalue weighted by Gasteiger charge is 1.95. The smallest absolute Gasteiger partial charge is 0.0943 e.